The van der Waals surface area contributed by atoms with Crippen LogP contribution in [0, 0.1) is 11.6 Å². The van der Waals surface area contributed by atoms with Crippen molar-refractivity contribution in [1.82, 2.24) is 0 Å². The van der Waals surface area contributed by atoms with Gasteiger partial charge in [0.2, 0.25) is 5.91 Å². The van der Waals surface area contributed by atoms with E-state index in [-0.39, 0.29) is 42.7 Å². The minimum Gasteiger partial charge on any atom is -0.490 e. The number of hydrogen-bond acceptors (Lipinski definition) is 5. The fourth-order valence-electron chi connectivity index (χ4n) is 3.90. The fourth-order valence-corrected chi connectivity index (χ4v) is 4.09. The van der Waals surface area contributed by atoms with Gasteiger partial charge < -0.3 is 25.2 Å². The molecule has 4 rings (SSSR count). The molecule has 2 heterocycles. The molecule has 160 valence electrons. The van der Waals surface area contributed by atoms with Crippen molar-refractivity contribution in [3.63, 3.8) is 0 Å². The predicted molar refractivity (Wildman–Crippen MR) is 108 cm³/mol. The Morgan fingerprint density at radius 3 is 2.70 bits per heavy atom. The number of anilines is 2. The van der Waals surface area contributed by atoms with Gasteiger partial charge in [0.25, 0.3) is 0 Å². The Bertz CT molecular complexity index is 966. The summed E-state index contributed by atoms with van der Waals surface area (Å²) in [5.41, 5.74) is -0.372. The van der Waals surface area contributed by atoms with E-state index >= 15 is 0 Å². The highest BCUT2D eigenvalue weighted by molar-refractivity contribution is 6.30. The molecule has 9 heteroatoms. The van der Waals surface area contributed by atoms with Crippen LogP contribution in [0.5, 0.6) is 5.75 Å². The van der Waals surface area contributed by atoms with Gasteiger partial charge in [-0.25, -0.2) is 8.78 Å². The first-order valence-electron chi connectivity index (χ1n) is 9.61. The summed E-state index contributed by atoms with van der Waals surface area (Å²) < 4.78 is 34.2. The van der Waals surface area contributed by atoms with Gasteiger partial charge in [0.1, 0.15) is 29.7 Å². The molecule has 0 saturated carbocycles. The van der Waals surface area contributed by atoms with E-state index in [9.17, 15) is 23.8 Å². The quantitative estimate of drug-likeness (QED) is 0.684. The molecule has 0 aromatic heterocycles. The zero-order valence-electron chi connectivity index (χ0n) is 16.0. The van der Waals surface area contributed by atoms with E-state index in [1.54, 1.807) is 18.2 Å². The van der Waals surface area contributed by atoms with Crippen molar-refractivity contribution in [3.8, 4) is 5.75 Å². The Morgan fingerprint density at radius 1 is 1.27 bits per heavy atom. The molecule has 1 amide bonds. The van der Waals surface area contributed by atoms with Crippen LogP contribution in [0.2, 0.25) is 5.02 Å². The van der Waals surface area contributed by atoms with Crippen LogP contribution in [-0.4, -0.2) is 47.5 Å². The van der Waals surface area contributed by atoms with E-state index in [0.717, 1.165) is 17.7 Å². The van der Waals surface area contributed by atoms with Crippen LogP contribution in [0.25, 0.3) is 0 Å². The molecule has 2 aliphatic heterocycles. The van der Waals surface area contributed by atoms with E-state index in [1.807, 2.05) is 0 Å². The number of aliphatic hydroxyl groups is 2. The molecule has 6 nitrogen and oxygen atoms in total. The summed E-state index contributed by atoms with van der Waals surface area (Å²) in [5.74, 6) is -1.20. The van der Waals surface area contributed by atoms with Crippen LogP contribution in [0.4, 0.5) is 20.2 Å². The number of rotatable bonds is 4. The maximum atomic E-state index is 14.2. The molecule has 2 aromatic rings. The zero-order valence-corrected chi connectivity index (χ0v) is 16.8. The number of carbonyl (C=O) groups excluding carboxylic acids is 1. The monoisotopic (exact) mass is 438 g/mol. The van der Waals surface area contributed by atoms with Crippen LogP contribution in [0.15, 0.2) is 30.3 Å². The van der Waals surface area contributed by atoms with Crippen LogP contribution in [0.3, 0.4) is 0 Å². The van der Waals surface area contributed by atoms with Crippen molar-refractivity contribution in [2.75, 3.05) is 29.9 Å². The van der Waals surface area contributed by atoms with E-state index in [2.05, 4.69) is 5.32 Å². The average Bonchev–Trinajstić information content (AvgIpc) is 2.68. The van der Waals surface area contributed by atoms with E-state index in [0.29, 0.717) is 24.3 Å². The Labute approximate surface area is 177 Å². The summed E-state index contributed by atoms with van der Waals surface area (Å²) in [6, 6.07) is 7.26. The van der Waals surface area contributed by atoms with Crippen molar-refractivity contribution in [2.24, 2.45) is 0 Å². The molecule has 0 bridgehead atoms. The minimum atomic E-state index is -1.59. The number of fused-ring (bicyclic) bond motifs is 1. The molecule has 2 atom stereocenters. The molecule has 1 fully saturated rings. The largest absolute Gasteiger partial charge is 0.490 e. The molecule has 0 spiro atoms. The highest BCUT2D eigenvalue weighted by Gasteiger charge is 2.42. The molecule has 3 N–H and O–H groups in total. The topological polar surface area (TPSA) is 82.0 Å². The van der Waals surface area contributed by atoms with Gasteiger partial charge in [0, 0.05) is 35.8 Å². The van der Waals surface area contributed by atoms with Gasteiger partial charge in [0.15, 0.2) is 11.6 Å². The van der Waals surface area contributed by atoms with Crippen molar-refractivity contribution >= 4 is 28.9 Å². The zero-order chi connectivity index (χ0) is 21.5. The highest BCUT2D eigenvalue weighted by Crippen LogP contribution is 2.35. The fraction of sp³-hybridized carbons (Fsp3) is 0.381. The molecule has 0 radical (unpaired) electrons. The number of aliphatic hydroxyl groups excluding tert-OH is 1. The molecular formula is C21H21ClF2N2O4. The first-order valence-corrected chi connectivity index (χ1v) is 9.99. The molecular weight excluding hydrogens is 418 g/mol. The number of nitrogens with zero attached hydrogens (tertiary/aromatic N) is 1. The molecule has 30 heavy (non-hydrogen) atoms. The van der Waals surface area contributed by atoms with Crippen LogP contribution >= 0.6 is 11.6 Å². The molecule has 1 saturated heterocycles. The van der Waals surface area contributed by atoms with Gasteiger partial charge in [-0.15, -0.1) is 0 Å². The van der Waals surface area contributed by atoms with Crippen molar-refractivity contribution < 1.29 is 28.5 Å². The van der Waals surface area contributed by atoms with Crippen molar-refractivity contribution in [2.45, 2.75) is 31.0 Å². The molecule has 2 aliphatic rings. The third-order valence-electron chi connectivity index (χ3n) is 5.61. The lowest BCUT2D eigenvalue weighted by Gasteiger charge is -2.42. The number of carbonyl (C=O) groups is 1. The van der Waals surface area contributed by atoms with Crippen molar-refractivity contribution in [3.05, 3.63) is 52.6 Å². The summed E-state index contributed by atoms with van der Waals surface area (Å²) in [6.07, 6.45) is -0.393. The SMILES string of the molecule is O=C1CCc2c(cccc2OCC2(O)CCN(c3c(F)cc(Cl)cc3F)CC2O)N1. The Morgan fingerprint density at radius 2 is 2.00 bits per heavy atom. The van der Waals surface area contributed by atoms with Gasteiger partial charge >= 0.3 is 0 Å². The van der Waals surface area contributed by atoms with Crippen LogP contribution in [-0.2, 0) is 11.2 Å². The maximum absolute atomic E-state index is 14.2. The number of hydrogen-bond donors (Lipinski definition) is 3. The van der Waals surface area contributed by atoms with Crippen LogP contribution < -0.4 is 15.0 Å². The smallest absolute Gasteiger partial charge is 0.224 e. The molecule has 2 aromatic carbocycles. The standard InChI is InChI=1S/C21H21ClF2N2O4/c22-12-8-14(23)20(15(24)9-12)26-7-6-21(29,18(27)10-26)11-30-17-3-1-2-16-13(17)4-5-19(28)25-16/h1-3,8-9,18,27,29H,4-7,10-11H2,(H,25,28). The first kappa shape index (κ1) is 20.8. The van der Waals surface area contributed by atoms with E-state index in [1.165, 1.54) is 4.90 Å². The Kier molecular flexibility index (Phi) is 5.57. The summed E-state index contributed by atoms with van der Waals surface area (Å²) in [4.78, 5) is 12.9. The summed E-state index contributed by atoms with van der Waals surface area (Å²) in [6.45, 7) is -0.244. The molecule has 2 unspecified atom stereocenters. The predicted octanol–water partition coefficient (Wildman–Crippen LogP) is 2.88. The van der Waals surface area contributed by atoms with E-state index < -0.39 is 23.3 Å². The summed E-state index contributed by atoms with van der Waals surface area (Å²) >= 11 is 5.67. The second kappa shape index (κ2) is 8.02. The maximum Gasteiger partial charge on any atom is 0.224 e. The first-order chi connectivity index (χ1) is 14.3. The third kappa shape index (κ3) is 3.95. The minimum absolute atomic E-state index is 0.0431. The normalized spacial score (nSPS) is 23.7. The lowest BCUT2D eigenvalue weighted by atomic mass is 9.89. The second-order valence-electron chi connectivity index (χ2n) is 7.65. The number of amides is 1. The number of ether oxygens (including phenoxy) is 1. The van der Waals surface area contributed by atoms with E-state index in [4.69, 9.17) is 16.3 Å². The number of halogens is 3. The van der Waals surface area contributed by atoms with Gasteiger partial charge in [-0.3, -0.25) is 4.79 Å². The summed E-state index contributed by atoms with van der Waals surface area (Å²) in [7, 11) is 0. The lowest BCUT2D eigenvalue weighted by molar-refractivity contribution is -0.116. The number of nitrogens with one attached hydrogen (secondary N) is 1. The van der Waals surface area contributed by atoms with Crippen LogP contribution in [0.1, 0.15) is 18.4 Å². The second-order valence-corrected chi connectivity index (χ2v) is 8.09. The number of benzene rings is 2. The van der Waals surface area contributed by atoms with Crippen molar-refractivity contribution in [1.29, 1.82) is 0 Å². The van der Waals surface area contributed by atoms with Gasteiger partial charge in [0.05, 0.1) is 0 Å². The Balaban J connectivity index is 1.46. The third-order valence-corrected chi connectivity index (χ3v) is 5.83. The number of β-amino-alcohol motifs (C(OH)–C–C–N with tert-alkyl or cyclic N) is 1. The lowest BCUT2D eigenvalue weighted by Crippen LogP contribution is -2.58. The van der Waals surface area contributed by atoms with Gasteiger partial charge in [-0.1, -0.05) is 17.7 Å². The van der Waals surface area contributed by atoms with Gasteiger partial charge in [-0.2, -0.15) is 0 Å². The summed E-state index contributed by atoms with van der Waals surface area (Å²) in [5, 5.41) is 24.2. The average molecular weight is 439 g/mol. The molecule has 0 aliphatic carbocycles. The highest BCUT2D eigenvalue weighted by atomic mass is 35.5. The Hall–Kier alpha value is -2.42. The van der Waals surface area contributed by atoms with Gasteiger partial charge in [-0.05, 0) is 37.1 Å². The number of piperidine rings is 1.